The van der Waals surface area contributed by atoms with E-state index < -0.39 is 17.3 Å². The summed E-state index contributed by atoms with van der Waals surface area (Å²) < 4.78 is 0. The molecule has 0 saturated carbocycles. The normalized spacial score (nSPS) is 12.0. The molecule has 0 aromatic carbocycles. The van der Waals surface area contributed by atoms with Crippen LogP contribution in [0, 0.1) is 0 Å². The number of hydrogen-bond donors (Lipinski definition) is 1. The molecule has 0 aliphatic carbocycles. The van der Waals surface area contributed by atoms with Crippen LogP contribution in [0.3, 0.4) is 0 Å². The van der Waals surface area contributed by atoms with Crippen molar-refractivity contribution in [2.24, 2.45) is 0 Å². The molecule has 0 aliphatic rings. The molecule has 0 saturated heterocycles. The van der Waals surface area contributed by atoms with Gasteiger partial charge in [-0.25, -0.2) is 4.79 Å². The number of alkyl halides is 1. The fourth-order valence-corrected chi connectivity index (χ4v) is 0.852. The molecule has 1 unspecified atom stereocenters. The second-order valence-electron chi connectivity index (χ2n) is 3.19. The number of urea groups is 1. The second kappa shape index (κ2) is 6.65. The number of nitrogens with one attached hydrogen (secondary N) is 1. The van der Waals surface area contributed by atoms with Gasteiger partial charge in [-0.1, -0.05) is 13.3 Å². The number of rotatable bonds is 4. The lowest BCUT2D eigenvalue weighted by Crippen LogP contribution is -2.43. The standard InChI is InChI=1S/C9H17ClN2O2/c1-4-5-6-12(3)9(14)11-8(13)7(2)10/h7H,4-6H2,1-3H3,(H,11,13,14). The fraction of sp³-hybridized carbons (Fsp3) is 0.778. The first-order chi connectivity index (χ1) is 6.49. The number of hydrogen-bond acceptors (Lipinski definition) is 2. The van der Waals surface area contributed by atoms with Crippen LogP contribution in [0.4, 0.5) is 4.79 Å². The van der Waals surface area contributed by atoms with E-state index in [1.54, 1.807) is 7.05 Å². The molecule has 0 heterocycles. The Morgan fingerprint density at radius 2 is 2.07 bits per heavy atom. The zero-order valence-electron chi connectivity index (χ0n) is 8.84. The van der Waals surface area contributed by atoms with Crippen LogP contribution in [-0.2, 0) is 4.79 Å². The summed E-state index contributed by atoms with van der Waals surface area (Å²) >= 11 is 5.50. The predicted octanol–water partition coefficient (Wildman–Crippen LogP) is 1.58. The summed E-state index contributed by atoms with van der Waals surface area (Å²) in [6, 6.07) is -0.393. The third kappa shape index (κ3) is 5.07. The summed E-state index contributed by atoms with van der Waals surface area (Å²) in [5.74, 6) is -0.458. The minimum atomic E-state index is -0.682. The largest absolute Gasteiger partial charge is 0.328 e. The van der Waals surface area contributed by atoms with Crippen molar-refractivity contribution in [3.05, 3.63) is 0 Å². The number of nitrogens with zero attached hydrogens (tertiary/aromatic N) is 1. The zero-order chi connectivity index (χ0) is 11.1. The molecule has 3 amide bonds. The Hall–Kier alpha value is -0.770. The van der Waals surface area contributed by atoms with Crippen molar-refractivity contribution in [1.29, 1.82) is 0 Å². The summed E-state index contributed by atoms with van der Waals surface area (Å²) in [6.07, 6.45) is 1.94. The second-order valence-corrected chi connectivity index (χ2v) is 3.84. The van der Waals surface area contributed by atoms with Gasteiger partial charge in [0.25, 0.3) is 0 Å². The van der Waals surface area contributed by atoms with Crippen molar-refractivity contribution >= 4 is 23.5 Å². The first kappa shape index (κ1) is 13.2. The van der Waals surface area contributed by atoms with E-state index in [-0.39, 0.29) is 0 Å². The average Bonchev–Trinajstić information content (AvgIpc) is 2.13. The summed E-state index contributed by atoms with van der Waals surface area (Å²) in [4.78, 5) is 23.8. The molecule has 0 aliphatic heterocycles. The van der Waals surface area contributed by atoms with Gasteiger partial charge in [-0.15, -0.1) is 11.6 Å². The molecule has 0 bridgehead atoms. The van der Waals surface area contributed by atoms with Crippen molar-refractivity contribution in [2.75, 3.05) is 13.6 Å². The molecule has 0 radical (unpaired) electrons. The predicted molar refractivity (Wildman–Crippen MR) is 56.4 cm³/mol. The van der Waals surface area contributed by atoms with E-state index in [9.17, 15) is 9.59 Å². The third-order valence-corrected chi connectivity index (χ3v) is 1.98. The molecule has 0 aromatic heterocycles. The molecule has 0 fully saturated rings. The lowest BCUT2D eigenvalue weighted by Gasteiger charge is -2.17. The van der Waals surface area contributed by atoms with E-state index >= 15 is 0 Å². The van der Waals surface area contributed by atoms with Crippen molar-refractivity contribution < 1.29 is 9.59 Å². The Labute approximate surface area is 89.6 Å². The number of carbonyl (C=O) groups is 2. The van der Waals surface area contributed by atoms with E-state index in [0.29, 0.717) is 6.54 Å². The highest BCUT2D eigenvalue weighted by Gasteiger charge is 2.15. The van der Waals surface area contributed by atoms with E-state index in [4.69, 9.17) is 11.6 Å². The van der Waals surface area contributed by atoms with E-state index in [2.05, 4.69) is 5.32 Å². The summed E-state index contributed by atoms with van der Waals surface area (Å²) in [5, 5.41) is 1.52. The van der Waals surface area contributed by atoms with Gasteiger partial charge in [-0.2, -0.15) is 0 Å². The van der Waals surface area contributed by atoms with Crippen molar-refractivity contribution in [2.45, 2.75) is 32.1 Å². The van der Waals surface area contributed by atoms with Crippen LogP contribution in [0.1, 0.15) is 26.7 Å². The first-order valence-corrected chi connectivity index (χ1v) is 5.12. The Kier molecular flexibility index (Phi) is 6.28. The highest BCUT2D eigenvalue weighted by molar-refractivity contribution is 6.31. The summed E-state index contributed by atoms with van der Waals surface area (Å²) in [6.45, 7) is 4.21. The van der Waals surface area contributed by atoms with Gasteiger partial charge in [-0.05, 0) is 13.3 Å². The minimum absolute atomic E-state index is 0.393. The third-order valence-electron chi connectivity index (χ3n) is 1.79. The van der Waals surface area contributed by atoms with Crippen LogP contribution in [0.5, 0.6) is 0 Å². The molecule has 1 N–H and O–H groups in total. The number of carbonyl (C=O) groups excluding carboxylic acids is 2. The molecule has 0 spiro atoms. The maximum absolute atomic E-state index is 11.3. The van der Waals surface area contributed by atoms with Crippen LogP contribution in [0.15, 0.2) is 0 Å². The van der Waals surface area contributed by atoms with Crippen LogP contribution in [0.2, 0.25) is 0 Å². The van der Waals surface area contributed by atoms with Gasteiger partial charge in [0.15, 0.2) is 0 Å². The van der Waals surface area contributed by atoms with E-state index in [0.717, 1.165) is 12.8 Å². The molecule has 0 aromatic rings. The molecular weight excluding hydrogens is 204 g/mol. The maximum Gasteiger partial charge on any atom is 0.323 e. The Morgan fingerprint density at radius 1 is 1.50 bits per heavy atom. The molecule has 5 heteroatoms. The smallest absolute Gasteiger partial charge is 0.323 e. The van der Waals surface area contributed by atoms with Crippen LogP contribution in [0.25, 0.3) is 0 Å². The SMILES string of the molecule is CCCCN(C)C(=O)NC(=O)C(C)Cl. The molecule has 0 rings (SSSR count). The van der Waals surface area contributed by atoms with Gasteiger partial charge in [0.1, 0.15) is 5.38 Å². The van der Waals surface area contributed by atoms with Crippen molar-refractivity contribution in [3.63, 3.8) is 0 Å². The lowest BCUT2D eigenvalue weighted by molar-refractivity contribution is -0.119. The number of imide groups is 1. The van der Waals surface area contributed by atoms with Crippen LogP contribution >= 0.6 is 11.6 Å². The van der Waals surface area contributed by atoms with E-state index in [1.165, 1.54) is 11.8 Å². The van der Waals surface area contributed by atoms with Crippen LogP contribution in [-0.4, -0.2) is 35.8 Å². The highest BCUT2D eigenvalue weighted by Crippen LogP contribution is 1.95. The Bertz CT molecular complexity index is 207. The van der Waals surface area contributed by atoms with Gasteiger partial charge in [-0.3, -0.25) is 10.1 Å². The van der Waals surface area contributed by atoms with Gasteiger partial charge in [0.2, 0.25) is 5.91 Å². The molecule has 4 nitrogen and oxygen atoms in total. The molecule has 82 valence electrons. The molecule has 1 atom stereocenters. The summed E-state index contributed by atoms with van der Waals surface area (Å²) in [5.41, 5.74) is 0. The topological polar surface area (TPSA) is 49.4 Å². The summed E-state index contributed by atoms with van der Waals surface area (Å²) in [7, 11) is 1.65. The van der Waals surface area contributed by atoms with Gasteiger partial charge >= 0.3 is 6.03 Å². The quantitative estimate of drug-likeness (QED) is 0.732. The van der Waals surface area contributed by atoms with Crippen LogP contribution < -0.4 is 5.32 Å². The van der Waals surface area contributed by atoms with Gasteiger partial charge < -0.3 is 4.90 Å². The number of halogens is 1. The van der Waals surface area contributed by atoms with Gasteiger partial charge in [0.05, 0.1) is 0 Å². The Balaban J connectivity index is 3.89. The van der Waals surface area contributed by atoms with E-state index in [1.807, 2.05) is 6.92 Å². The first-order valence-electron chi connectivity index (χ1n) is 4.69. The Morgan fingerprint density at radius 3 is 2.50 bits per heavy atom. The zero-order valence-corrected chi connectivity index (χ0v) is 9.60. The average molecular weight is 221 g/mol. The van der Waals surface area contributed by atoms with Crippen molar-refractivity contribution in [3.8, 4) is 0 Å². The molecular formula is C9H17ClN2O2. The van der Waals surface area contributed by atoms with Gasteiger partial charge in [0, 0.05) is 13.6 Å². The highest BCUT2D eigenvalue weighted by atomic mass is 35.5. The monoisotopic (exact) mass is 220 g/mol. The minimum Gasteiger partial charge on any atom is -0.328 e. The lowest BCUT2D eigenvalue weighted by atomic mass is 10.3. The number of unbranched alkanes of at least 4 members (excludes halogenated alkanes) is 1. The fourth-order valence-electron chi connectivity index (χ4n) is 0.797. The maximum atomic E-state index is 11.3. The molecule has 14 heavy (non-hydrogen) atoms. The number of amides is 3. The van der Waals surface area contributed by atoms with Crippen molar-refractivity contribution in [1.82, 2.24) is 10.2 Å².